The molecule has 0 aliphatic carbocycles. The van der Waals surface area contributed by atoms with Crippen LogP contribution in [-0.2, 0) is 0 Å². The third kappa shape index (κ3) is 5.65. The van der Waals surface area contributed by atoms with E-state index in [2.05, 4.69) is 186 Å². The molecule has 10 aromatic carbocycles. The van der Waals surface area contributed by atoms with Gasteiger partial charge in [-0.2, -0.15) is 0 Å². The summed E-state index contributed by atoms with van der Waals surface area (Å²) in [5, 5.41) is 8.45. The zero-order chi connectivity index (χ0) is 52.5. The number of hydrogen-bond acceptors (Lipinski definition) is 8. The van der Waals surface area contributed by atoms with Crippen molar-refractivity contribution in [1.82, 2.24) is 4.57 Å². The molecule has 0 unspecified atom stereocenters. The van der Waals surface area contributed by atoms with Crippen LogP contribution in [0.1, 0.15) is 16.7 Å². The minimum atomic E-state index is -0.333. The predicted molar refractivity (Wildman–Crippen MR) is 330 cm³/mol. The Hall–Kier alpha value is -9.16. The van der Waals surface area contributed by atoms with Gasteiger partial charge in [-0.1, -0.05) is 84.9 Å². The highest BCUT2D eigenvalue weighted by atomic mass is 32.1. The van der Waals surface area contributed by atoms with E-state index in [0.717, 1.165) is 149 Å². The van der Waals surface area contributed by atoms with Crippen LogP contribution in [0.2, 0.25) is 0 Å². The number of halogens is 1. The highest BCUT2D eigenvalue weighted by Gasteiger charge is 2.49. The smallest absolute Gasteiger partial charge is 0.268 e. The van der Waals surface area contributed by atoms with Crippen LogP contribution >= 0.6 is 22.7 Å². The highest BCUT2D eigenvalue weighted by molar-refractivity contribution is 7.34. The molecule has 0 radical (unpaired) electrons. The maximum atomic E-state index is 17.0. The maximum Gasteiger partial charge on any atom is 0.268 e. The predicted octanol–water partition coefficient (Wildman–Crippen LogP) is 12.1. The van der Waals surface area contributed by atoms with Crippen LogP contribution in [0, 0.1) is 26.6 Å². The quantitative estimate of drug-likeness (QED) is 0.174. The lowest BCUT2D eigenvalue weighted by atomic mass is 9.31. The number of para-hydroxylation sites is 3. The number of rotatable bonds is 2. The number of aryl methyl sites for hydroxylation is 3. The number of fused-ring (bicyclic) bond motifs is 19. The van der Waals surface area contributed by atoms with Crippen molar-refractivity contribution < 1.29 is 23.3 Å². The van der Waals surface area contributed by atoms with Gasteiger partial charge in [0.25, 0.3) is 20.1 Å². The van der Waals surface area contributed by atoms with Gasteiger partial charge in [-0.3, -0.25) is 0 Å². The molecule has 0 atom stereocenters. The fourth-order valence-corrected chi connectivity index (χ4v) is 17.0. The van der Waals surface area contributed by atoms with Gasteiger partial charge in [-0.25, -0.2) is 4.39 Å². The van der Waals surface area contributed by atoms with Gasteiger partial charge < -0.3 is 33.7 Å². The van der Waals surface area contributed by atoms with Gasteiger partial charge in [0.2, 0.25) is 0 Å². The molecular formula is C67H39B3FN3O4S2. The lowest BCUT2D eigenvalue weighted by Gasteiger charge is -2.42. The molecule has 0 amide bonds. The first-order chi connectivity index (χ1) is 39.3. The molecule has 0 fully saturated rings. The Balaban J connectivity index is 0.901. The highest BCUT2D eigenvalue weighted by Crippen LogP contribution is 2.49. The molecule has 0 saturated heterocycles. The molecule has 0 spiro atoms. The van der Waals surface area contributed by atoms with Crippen molar-refractivity contribution in [2.24, 2.45) is 0 Å². The lowest BCUT2D eigenvalue weighted by molar-refractivity contribution is 0.464. The van der Waals surface area contributed by atoms with Crippen molar-refractivity contribution in [3.8, 4) is 51.7 Å². The molecule has 374 valence electrons. The first kappa shape index (κ1) is 43.8. The molecule has 6 aliphatic rings. The van der Waals surface area contributed by atoms with Crippen LogP contribution in [0.4, 0.5) is 32.8 Å². The number of anilines is 5. The van der Waals surface area contributed by atoms with E-state index < -0.39 is 0 Å². The standard InChI is InChI=1S/C67H39B3FN3O4S2/c1-33-23-47-60-54(25-33)77-64-39-16-6-10-21-58(39)79-66(64)69(60)41-29-43-52(31-46(41)72-47)75-56-27-36(73-48-19-8-4-14-37(48)38-15-5-9-20-49(38)73)28-57-62(56)68(43)44-30-42-50(32-53(44)76-57)74(63-35(3)13-12-18-45(63)71)51-24-34(2)26-55-61(51)70(42)67-65(78-55)40-17-7-11-22-59(40)80-67/h4-32,72H,1-3H3. The van der Waals surface area contributed by atoms with E-state index in [1.807, 2.05) is 24.3 Å². The van der Waals surface area contributed by atoms with E-state index in [4.69, 9.17) is 18.9 Å². The summed E-state index contributed by atoms with van der Waals surface area (Å²) >= 11 is 3.59. The second-order valence-corrected chi connectivity index (χ2v) is 24.4. The third-order valence-electron chi connectivity index (χ3n) is 17.6. The summed E-state index contributed by atoms with van der Waals surface area (Å²) in [5.74, 6) is 6.08. The molecule has 0 saturated carbocycles. The lowest BCUT2D eigenvalue weighted by Crippen LogP contribution is -2.63. The van der Waals surface area contributed by atoms with Crippen molar-refractivity contribution in [3.63, 3.8) is 0 Å². The topological polar surface area (TPSA) is 57.1 Å². The molecule has 9 heterocycles. The summed E-state index contributed by atoms with van der Waals surface area (Å²) in [7, 11) is 0. The fraction of sp³-hybridized carbons (Fsp3) is 0.0448. The summed E-state index contributed by atoms with van der Waals surface area (Å²) in [5.41, 5.74) is 17.7. The number of nitrogens with zero attached hydrogens (tertiary/aromatic N) is 2. The van der Waals surface area contributed by atoms with E-state index in [0.29, 0.717) is 17.2 Å². The van der Waals surface area contributed by atoms with Gasteiger partial charge in [-0.15, -0.1) is 22.7 Å². The Kier molecular flexibility index (Phi) is 8.40. The Morgan fingerprint density at radius 2 is 1.00 bits per heavy atom. The zero-order valence-corrected chi connectivity index (χ0v) is 44.8. The first-order valence-electron chi connectivity index (χ1n) is 27.2. The van der Waals surface area contributed by atoms with Crippen LogP contribution < -0.4 is 77.0 Å². The van der Waals surface area contributed by atoms with E-state index in [1.54, 1.807) is 23.5 Å². The van der Waals surface area contributed by atoms with E-state index in [9.17, 15) is 0 Å². The summed E-state index contributed by atoms with van der Waals surface area (Å²) in [6, 6.07) is 62.0. The van der Waals surface area contributed by atoms with Crippen LogP contribution in [0.5, 0.6) is 46.0 Å². The average Bonchev–Trinajstić information content (AvgIpc) is 4.27. The van der Waals surface area contributed by atoms with Gasteiger partial charge in [0.1, 0.15) is 51.8 Å². The maximum absolute atomic E-state index is 17.0. The molecule has 19 rings (SSSR count). The number of hydrogen-bond donors (Lipinski definition) is 1. The molecule has 3 aromatic heterocycles. The molecular weight excluding hydrogens is 1030 g/mol. The third-order valence-corrected chi connectivity index (χ3v) is 20.1. The van der Waals surface area contributed by atoms with Crippen molar-refractivity contribution in [2.45, 2.75) is 20.8 Å². The molecule has 7 nitrogen and oxygen atoms in total. The van der Waals surface area contributed by atoms with Crippen molar-refractivity contribution in [2.75, 3.05) is 10.2 Å². The second kappa shape index (κ2) is 15.4. The van der Waals surface area contributed by atoms with E-state index in [-0.39, 0.29) is 26.0 Å². The molecule has 0 bridgehead atoms. The number of aromatic nitrogens is 1. The average molecular weight is 1070 g/mol. The molecule has 13 aromatic rings. The minimum absolute atomic E-state index is 0.103. The number of ether oxygens (including phenoxy) is 4. The Morgan fingerprint density at radius 3 is 1.66 bits per heavy atom. The number of nitrogens with one attached hydrogen (secondary N) is 1. The fourth-order valence-electron chi connectivity index (χ4n) is 14.4. The van der Waals surface area contributed by atoms with E-state index >= 15 is 4.39 Å². The largest absolute Gasteiger partial charge is 0.458 e. The SMILES string of the molecule is Cc1cc2c3c(c1)Oc1c(sc4ccccc14)B3c1cc3c(cc1N2)Oc1cc(-n2c4ccccc4c4ccccc42)cc2c1B3c1cc3c(cc1O2)N(c1c(C)cccc1F)c1cc(C)cc2c1B3c1sc3ccccc3c1O2. The number of benzene rings is 10. The monoisotopic (exact) mass is 1070 g/mol. The first-order valence-corrected chi connectivity index (χ1v) is 28.8. The van der Waals surface area contributed by atoms with E-state index in [1.165, 1.54) is 20.2 Å². The van der Waals surface area contributed by atoms with Crippen molar-refractivity contribution in [3.05, 3.63) is 198 Å². The van der Waals surface area contributed by atoms with Gasteiger partial charge in [0.15, 0.2) is 0 Å². The Labute approximate surface area is 467 Å². The Bertz CT molecular complexity index is 4990. The van der Waals surface area contributed by atoms with Crippen LogP contribution in [-0.4, -0.2) is 24.7 Å². The summed E-state index contributed by atoms with van der Waals surface area (Å²) in [6.07, 6.45) is 0. The normalized spacial score (nSPS) is 14.2. The summed E-state index contributed by atoms with van der Waals surface area (Å²) in [4.78, 5) is 2.13. The molecule has 1 N–H and O–H groups in total. The molecule has 6 aliphatic heterocycles. The van der Waals surface area contributed by atoms with Gasteiger partial charge in [-0.05, 0) is 137 Å². The summed E-state index contributed by atoms with van der Waals surface area (Å²) < 4.78 is 53.0. The molecule has 13 heteroatoms. The summed E-state index contributed by atoms with van der Waals surface area (Å²) in [6.45, 7) is 5.55. The molecule has 80 heavy (non-hydrogen) atoms. The van der Waals surface area contributed by atoms with Crippen LogP contribution in [0.15, 0.2) is 176 Å². The van der Waals surface area contributed by atoms with Crippen molar-refractivity contribution >= 4 is 161 Å². The van der Waals surface area contributed by atoms with Gasteiger partial charge in [0.05, 0.1) is 22.4 Å². The van der Waals surface area contributed by atoms with Crippen molar-refractivity contribution in [1.29, 1.82) is 0 Å². The zero-order valence-electron chi connectivity index (χ0n) is 43.2. The van der Waals surface area contributed by atoms with Crippen LogP contribution in [0.25, 0.3) is 47.7 Å². The second-order valence-electron chi connectivity index (χ2n) is 22.2. The van der Waals surface area contributed by atoms with Gasteiger partial charge >= 0.3 is 0 Å². The number of thiophene rings is 2. The minimum Gasteiger partial charge on any atom is -0.458 e. The van der Waals surface area contributed by atoms with Crippen LogP contribution in [0.3, 0.4) is 0 Å². The van der Waals surface area contributed by atoms with Gasteiger partial charge in [0, 0.05) is 93.0 Å². The Morgan fingerprint density at radius 1 is 0.438 bits per heavy atom.